The number of hydrogen-bond donors (Lipinski definition) is 2. The van der Waals surface area contributed by atoms with E-state index in [1.165, 1.54) is 12.7 Å². The summed E-state index contributed by atoms with van der Waals surface area (Å²) in [4.78, 5) is 46.7. The van der Waals surface area contributed by atoms with Crippen LogP contribution in [-0.4, -0.2) is 79.1 Å². The Morgan fingerprint density at radius 1 is 0.762 bits per heavy atom. The van der Waals surface area contributed by atoms with Crippen molar-refractivity contribution in [3.8, 4) is 0 Å². The highest BCUT2D eigenvalue weighted by Gasteiger charge is 2.53. The molecule has 0 saturated carbocycles. The fraction of sp³-hybridized carbons (Fsp3) is 0.283. The van der Waals surface area contributed by atoms with Crippen molar-refractivity contribution in [3.05, 3.63) is 168 Å². The van der Waals surface area contributed by atoms with Gasteiger partial charge in [-0.3, -0.25) is 9.25 Å². The second-order valence-electron chi connectivity index (χ2n) is 15.4. The minimum absolute atomic E-state index is 0.0925. The van der Waals surface area contributed by atoms with Crippen LogP contribution in [0.2, 0.25) is 0 Å². The fourth-order valence-corrected chi connectivity index (χ4v) is 8.81. The van der Waals surface area contributed by atoms with Gasteiger partial charge in [0.1, 0.15) is 12.2 Å². The Bertz CT molecular complexity index is 2710. The summed E-state index contributed by atoms with van der Waals surface area (Å²) in [7, 11) is -3.70. The number of sulfonamides is 1. The molecule has 2 N–H and O–H groups in total. The van der Waals surface area contributed by atoms with Crippen molar-refractivity contribution in [1.29, 1.82) is 0 Å². The Morgan fingerprint density at radius 3 is 1.89 bits per heavy atom. The molecule has 0 spiro atoms. The molecule has 1 fully saturated rings. The first-order chi connectivity index (χ1) is 30.6. The Labute approximate surface area is 364 Å². The number of aromatic nitrogens is 7. The van der Waals surface area contributed by atoms with Crippen LogP contribution in [0.1, 0.15) is 82.5 Å². The van der Waals surface area contributed by atoms with E-state index in [9.17, 15) is 18.0 Å². The molecule has 0 bridgehead atoms. The molecule has 63 heavy (non-hydrogen) atoms. The maximum absolute atomic E-state index is 13.9. The van der Waals surface area contributed by atoms with E-state index in [4.69, 9.17) is 29.2 Å². The third kappa shape index (κ3) is 9.96. The number of aryl methyl sites for hydroxylation is 1. The Morgan fingerprint density at radius 2 is 1.33 bits per heavy atom. The van der Waals surface area contributed by atoms with E-state index in [0.717, 1.165) is 11.1 Å². The molecule has 0 radical (unpaired) electrons. The molecule has 4 aromatic carbocycles. The zero-order chi connectivity index (χ0) is 43.9. The number of nitrogens with zero attached hydrogens (tertiary/aromatic N) is 7. The van der Waals surface area contributed by atoms with E-state index in [1.807, 2.05) is 57.2 Å². The molecule has 8 rings (SSSR count). The number of imidazole rings is 1. The van der Waals surface area contributed by atoms with Crippen LogP contribution >= 0.6 is 0 Å². The predicted octanol–water partition coefficient (Wildman–Crippen LogP) is 6.48. The Hall–Kier alpha value is -6.82. The first kappa shape index (κ1) is 42.9. The van der Waals surface area contributed by atoms with Crippen molar-refractivity contribution in [2.45, 2.75) is 64.3 Å². The summed E-state index contributed by atoms with van der Waals surface area (Å²) in [5.74, 6) is -1.04. The van der Waals surface area contributed by atoms with Crippen molar-refractivity contribution < 1.29 is 32.2 Å². The number of carbonyl (C=O) groups is 2. The van der Waals surface area contributed by atoms with Gasteiger partial charge in [-0.15, -0.1) is 0 Å². The third-order valence-corrected chi connectivity index (χ3v) is 12.1. The van der Waals surface area contributed by atoms with Gasteiger partial charge in [-0.25, -0.2) is 42.7 Å². The van der Waals surface area contributed by atoms with Crippen LogP contribution in [0.4, 0.5) is 5.82 Å². The van der Waals surface area contributed by atoms with Crippen molar-refractivity contribution in [2.75, 3.05) is 17.6 Å². The topological polar surface area (TPSA) is 194 Å². The highest BCUT2D eigenvalue weighted by Crippen LogP contribution is 2.43. The number of ether oxygens (including phenoxy) is 3. The summed E-state index contributed by atoms with van der Waals surface area (Å²) in [6.07, 6.45) is -1.89. The van der Waals surface area contributed by atoms with E-state index in [0.29, 0.717) is 24.4 Å². The molecule has 4 heterocycles. The van der Waals surface area contributed by atoms with Gasteiger partial charge in [0.25, 0.3) is 0 Å². The Kier molecular flexibility index (Phi) is 13.0. The van der Waals surface area contributed by atoms with E-state index in [1.54, 1.807) is 69.9 Å². The lowest BCUT2D eigenvalue weighted by atomic mass is 9.91. The van der Waals surface area contributed by atoms with Crippen LogP contribution in [0.25, 0.3) is 11.2 Å². The molecular formula is C46H47N9O7S. The first-order valence-corrected chi connectivity index (χ1v) is 22.3. The van der Waals surface area contributed by atoms with Crippen LogP contribution in [0.3, 0.4) is 0 Å². The highest BCUT2D eigenvalue weighted by atomic mass is 32.2. The lowest BCUT2D eigenvalue weighted by Crippen LogP contribution is -2.38. The zero-order valence-corrected chi connectivity index (χ0v) is 35.7. The van der Waals surface area contributed by atoms with Gasteiger partial charge in [-0.2, -0.15) is 5.10 Å². The molecule has 3 aromatic heterocycles. The molecule has 324 valence electrons. The lowest BCUT2D eigenvalue weighted by molar-refractivity contribution is -0.0498. The Balaban J connectivity index is 1.23. The summed E-state index contributed by atoms with van der Waals surface area (Å²) in [5, 5.41) is 8.10. The fourth-order valence-electron chi connectivity index (χ4n) is 7.47. The van der Waals surface area contributed by atoms with E-state index in [-0.39, 0.29) is 52.6 Å². The third-order valence-electron chi connectivity index (χ3n) is 10.4. The summed E-state index contributed by atoms with van der Waals surface area (Å²) < 4.78 is 51.2. The maximum atomic E-state index is 13.9. The van der Waals surface area contributed by atoms with E-state index < -0.39 is 46.5 Å². The molecule has 0 aliphatic carbocycles. The van der Waals surface area contributed by atoms with E-state index >= 15 is 0 Å². The first-order valence-electron chi connectivity index (χ1n) is 20.7. The van der Waals surface area contributed by atoms with E-state index in [2.05, 4.69) is 44.4 Å². The maximum Gasteiger partial charge on any atom is 0.338 e. The highest BCUT2D eigenvalue weighted by molar-refractivity contribution is 7.89. The molecule has 1 aliphatic rings. The number of benzene rings is 4. The van der Waals surface area contributed by atoms with Crippen LogP contribution in [0.5, 0.6) is 0 Å². The zero-order valence-electron chi connectivity index (χ0n) is 34.9. The molecule has 0 amide bonds. The van der Waals surface area contributed by atoms with Gasteiger partial charge in [0, 0.05) is 19.0 Å². The van der Waals surface area contributed by atoms with Gasteiger partial charge in [0.05, 0.1) is 29.8 Å². The summed E-state index contributed by atoms with van der Waals surface area (Å²) >= 11 is 0. The summed E-state index contributed by atoms with van der Waals surface area (Å²) in [6, 6.07) is 37.0. The van der Waals surface area contributed by atoms with Gasteiger partial charge in [-0.1, -0.05) is 111 Å². The number of hydrogen-bond acceptors (Lipinski definition) is 13. The normalized spacial score (nSPS) is 17.6. The molecule has 0 unspecified atom stereocenters. The number of esters is 2. The van der Waals surface area contributed by atoms with Crippen LogP contribution in [0, 0.1) is 5.92 Å². The summed E-state index contributed by atoms with van der Waals surface area (Å²) in [6.45, 7) is 6.19. The standard InChI is InChI=1S/C46H47N9O7S/c1-4-54-28-49-42(53-54)39-38(61-45(56)33-21-13-7-14-22-33)40(62-46(57)34-23-15-8-16-24-34)44(60-39)55-29-48-37-41(51-36(52-43(37)55)26-50-63(58,59)27-30(2)3)47-25-35(31-17-9-5-10-18-31)32-19-11-6-12-20-32/h5-24,28-30,35,38-40,44,50H,4,25-27H2,1-3H3,(H,47,51,52)/t38-,39+,40-,44-/m1/s1. The van der Waals surface area contributed by atoms with Gasteiger partial charge in [0.15, 0.2) is 47.3 Å². The summed E-state index contributed by atoms with van der Waals surface area (Å²) in [5.41, 5.74) is 3.22. The number of fused-ring (bicyclic) bond motifs is 1. The van der Waals surface area contributed by atoms with Gasteiger partial charge in [-0.05, 0) is 48.2 Å². The average molecular weight is 870 g/mol. The number of rotatable bonds is 17. The van der Waals surface area contributed by atoms with Crippen molar-refractivity contribution in [3.63, 3.8) is 0 Å². The van der Waals surface area contributed by atoms with Crippen LogP contribution in [0.15, 0.2) is 134 Å². The smallest absolute Gasteiger partial charge is 0.338 e. The molecular weight excluding hydrogens is 823 g/mol. The van der Waals surface area contributed by atoms with Gasteiger partial charge < -0.3 is 19.5 Å². The minimum Gasteiger partial charge on any atom is -0.451 e. The monoisotopic (exact) mass is 869 g/mol. The second-order valence-corrected chi connectivity index (χ2v) is 17.3. The molecule has 7 aromatic rings. The largest absolute Gasteiger partial charge is 0.451 e. The average Bonchev–Trinajstić information content (AvgIpc) is 4.04. The van der Waals surface area contributed by atoms with Gasteiger partial charge >= 0.3 is 11.9 Å². The van der Waals surface area contributed by atoms with Crippen LogP contribution in [-0.2, 0) is 37.3 Å². The number of carbonyl (C=O) groups excluding carboxylic acids is 2. The molecule has 1 aliphatic heterocycles. The van der Waals surface area contributed by atoms with Crippen molar-refractivity contribution in [1.82, 2.24) is 39.0 Å². The van der Waals surface area contributed by atoms with Crippen molar-refractivity contribution >= 4 is 38.9 Å². The van der Waals surface area contributed by atoms with Gasteiger partial charge in [0.2, 0.25) is 10.0 Å². The number of nitrogens with one attached hydrogen (secondary N) is 2. The van der Waals surface area contributed by atoms with Crippen LogP contribution < -0.4 is 10.0 Å². The minimum atomic E-state index is -3.70. The second kappa shape index (κ2) is 19.1. The molecule has 16 nitrogen and oxygen atoms in total. The quantitative estimate of drug-likeness (QED) is 0.0946. The lowest BCUT2D eigenvalue weighted by Gasteiger charge is -2.24. The molecule has 4 atom stereocenters. The molecule has 1 saturated heterocycles. The number of anilines is 1. The molecule has 17 heteroatoms. The van der Waals surface area contributed by atoms with Crippen molar-refractivity contribution in [2.24, 2.45) is 5.92 Å². The predicted molar refractivity (Wildman–Crippen MR) is 234 cm³/mol. The SMILES string of the molecule is CCn1cnc([C@H]2O[C@@H](n3cnc4c(NCC(c5ccccc5)c5ccccc5)nc(CNS(=O)(=O)CC(C)C)nc43)[C@H](OC(=O)c3ccccc3)[C@@H]2OC(=O)c2ccccc2)n1.